The zero-order valence-corrected chi connectivity index (χ0v) is 13.5. The minimum atomic E-state index is -0.535. The molecule has 0 atom stereocenters. The Balaban J connectivity index is 2.01. The molecule has 2 aromatic rings. The number of nitrogens with zero attached hydrogens (tertiary/aromatic N) is 1. The molecule has 116 valence electrons. The molecule has 0 bridgehead atoms. The van der Waals surface area contributed by atoms with E-state index in [0.717, 1.165) is 5.56 Å². The standard InChI is InChI=1S/C17H13Cl2N3O/c18-14-6-2-1-5-12(14)10-21-11-13(9-20)17(23)22-16-8-4-3-7-15(16)19/h1-8,11,21H,10H2,(H,22,23)/b13-11-. The van der Waals surface area contributed by atoms with E-state index in [-0.39, 0.29) is 5.57 Å². The largest absolute Gasteiger partial charge is 0.386 e. The van der Waals surface area contributed by atoms with Crippen LogP contribution in [0.15, 0.2) is 60.3 Å². The number of carbonyl (C=O) groups excluding carboxylic acids is 1. The first kappa shape index (κ1) is 16.9. The van der Waals surface area contributed by atoms with Crippen LogP contribution in [0.5, 0.6) is 0 Å². The highest BCUT2D eigenvalue weighted by Crippen LogP contribution is 2.21. The smallest absolute Gasteiger partial charge is 0.267 e. The number of nitriles is 1. The van der Waals surface area contributed by atoms with Gasteiger partial charge in [-0.25, -0.2) is 0 Å². The summed E-state index contributed by atoms with van der Waals surface area (Å²) in [6, 6.07) is 16.0. The molecule has 0 radical (unpaired) electrons. The maximum Gasteiger partial charge on any atom is 0.267 e. The van der Waals surface area contributed by atoms with E-state index in [9.17, 15) is 4.79 Å². The normalized spacial score (nSPS) is 10.7. The third-order valence-electron chi connectivity index (χ3n) is 2.98. The van der Waals surface area contributed by atoms with E-state index in [1.165, 1.54) is 6.20 Å². The summed E-state index contributed by atoms with van der Waals surface area (Å²) in [6.07, 6.45) is 1.36. The summed E-state index contributed by atoms with van der Waals surface area (Å²) in [7, 11) is 0. The third-order valence-corrected chi connectivity index (χ3v) is 3.68. The van der Waals surface area contributed by atoms with Gasteiger partial charge in [-0.2, -0.15) is 5.26 Å². The second kappa shape index (κ2) is 8.23. The maximum absolute atomic E-state index is 12.1. The molecule has 0 saturated carbocycles. The number of halogens is 2. The number of rotatable bonds is 5. The molecule has 0 aliphatic heterocycles. The van der Waals surface area contributed by atoms with Crippen LogP contribution in [0.1, 0.15) is 5.56 Å². The highest BCUT2D eigenvalue weighted by atomic mass is 35.5. The fraction of sp³-hybridized carbons (Fsp3) is 0.0588. The number of hydrogen-bond donors (Lipinski definition) is 2. The Labute approximate surface area is 144 Å². The molecule has 2 rings (SSSR count). The molecule has 0 aliphatic carbocycles. The Morgan fingerprint density at radius 3 is 2.39 bits per heavy atom. The molecule has 0 aliphatic rings. The number of nitrogens with one attached hydrogen (secondary N) is 2. The zero-order valence-electron chi connectivity index (χ0n) is 12.0. The van der Waals surface area contributed by atoms with E-state index in [2.05, 4.69) is 10.6 Å². The van der Waals surface area contributed by atoms with Crippen LogP contribution in [0.3, 0.4) is 0 Å². The van der Waals surface area contributed by atoms with Crippen LogP contribution in [0, 0.1) is 11.3 Å². The van der Waals surface area contributed by atoms with Gasteiger partial charge >= 0.3 is 0 Å². The molecule has 4 nitrogen and oxygen atoms in total. The van der Waals surface area contributed by atoms with Gasteiger partial charge < -0.3 is 10.6 Å². The van der Waals surface area contributed by atoms with Gasteiger partial charge in [0.1, 0.15) is 11.6 Å². The molecule has 23 heavy (non-hydrogen) atoms. The summed E-state index contributed by atoms with van der Waals surface area (Å²) in [5, 5.41) is 15.6. The van der Waals surface area contributed by atoms with Crippen LogP contribution in [-0.4, -0.2) is 5.91 Å². The Morgan fingerprint density at radius 2 is 1.74 bits per heavy atom. The molecule has 2 aromatic carbocycles. The number of hydrogen-bond acceptors (Lipinski definition) is 3. The van der Waals surface area contributed by atoms with Gasteiger partial charge in [0.15, 0.2) is 0 Å². The number of carbonyl (C=O) groups is 1. The molecule has 0 spiro atoms. The Kier molecular flexibility index (Phi) is 6.04. The first-order chi connectivity index (χ1) is 11.1. The molecule has 6 heteroatoms. The Hall–Kier alpha value is -2.48. The van der Waals surface area contributed by atoms with Gasteiger partial charge in [0.25, 0.3) is 5.91 Å². The van der Waals surface area contributed by atoms with Crippen LogP contribution in [0.25, 0.3) is 0 Å². The van der Waals surface area contributed by atoms with Gasteiger partial charge in [-0.1, -0.05) is 53.5 Å². The van der Waals surface area contributed by atoms with Gasteiger partial charge in [-0.15, -0.1) is 0 Å². The van der Waals surface area contributed by atoms with Crippen LogP contribution >= 0.6 is 23.2 Å². The predicted octanol–water partition coefficient (Wildman–Crippen LogP) is 4.13. The topological polar surface area (TPSA) is 64.9 Å². The molecule has 0 unspecified atom stereocenters. The molecule has 0 aromatic heterocycles. The number of benzene rings is 2. The molecular formula is C17H13Cl2N3O. The SMILES string of the molecule is N#C/C(=C/NCc1ccccc1Cl)C(=O)Nc1ccccc1Cl. The fourth-order valence-electron chi connectivity index (χ4n) is 1.81. The van der Waals surface area contributed by atoms with Crippen molar-refractivity contribution in [3.63, 3.8) is 0 Å². The number of amides is 1. The molecule has 0 saturated heterocycles. The van der Waals surface area contributed by atoms with Crippen LogP contribution in [0.2, 0.25) is 10.0 Å². The van der Waals surface area contributed by atoms with Crippen molar-refractivity contribution < 1.29 is 4.79 Å². The average Bonchev–Trinajstić information content (AvgIpc) is 2.55. The van der Waals surface area contributed by atoms with Gasteiger partial charge in [0, 0.05) is 17.8 Å². The zero-order chi connectivity index (χ0) is 16.7. The minimum Gasteiger partial charge on any atom is -0.386 e. The van der Waals surface area contributed by atoms with Crippen molar-refractivity contribution in [2.45, 2.75) is 6.54 Å². The summed E-state index contributed by atoms with van der Waals surface area (Å²) in [5.74, 6) is -0.535. The number of para-hydroxylation sites is 1. The second-order valence-electron chi connectivity index (χ2n) is 4.58. The van der Waals surface area contributed by atoms with E-state index in [1.54, 1.807) is 30.3 Å². The maximum atomic E-state index is 12.1. The molecule has 0 fully saturated rings. The lowest BCUT2D eigenvalue weighted by atomic mass is 10.2. The van der Waals surface area contributed by atoms with E-state index < -0.39 is 5.91 Å². The molecule has 2 N–H and O–H groups in total. The van der Waals surface area contributed by atoms with Crippen molar-refractivity contribution in [3.05, 3.63) is 75.9 Å². The van der Waals surface area contributed by atoms with Gasteiger partial charge in [0.2, 0.25) is 0 Å². The summed E-state index contributed by atoms with van der Waals surface area (Å²) in [4.78, 5) is 12.1. The van der Waals surface area contributed by atoms with Crippen LogP contribution in [0.4, 0.5) is 5.69 Å². The molecular weight excluding hydrogens is 333 g/mol. The second-order valence-corrected chi connectivity index (χ2v) is 5.39. The quantitative estimate of drug-likeness (QED) is 0.632. The van der Waals surface area contributed by atoms with Crippen LogP contribution in [-0.2, 0) is 11.3 Å². The molecule has 0 heterocycles. The van der Waals surface area contributed by atoms with E-state index >= 15 is 0 Å². The lowest BCUT2D eigenvalue weighted by molar-refractivity contribution is -0.112. The lowest BCUT2D eigenvalue weighted by Crippen LogP contribution is -2.16. The highest BCUT2D eigenvalue weighted by Gasteiger charge is 2.10. The lowest BCUT2D eigenvalue weighted by Gasteiger charge is -2.07. The highest BCUT2D eigenvalue weighted by molar-refractivity contribution is 6.34. The van der Waals surface area contributed by atoms with Gasteiger partial charge in [-0.05, 0) is 23.8 Å². The van der Waals surface area contributed by atoms with E-state index in [0.29, 0.717) is 22.3 Å². The minimum absolute atomic E-state index is 0.0584. The van der Waals surface area contributed by atoms with Crippen molar-refractivity contribution in [1.82, 2.24) is 5.32 Å². The first-order valence-electron chi connectivity index (χ1n) is 6.74. The summed E-state index contributed by atoms with van der Waals surface area (Å²) < 4.78 is 0. The molecule has 1 amide bonds. The van der Waals surface area contributed by atoms with Crippen molar-refractivity contribution in [2.75, 3.05) is 5.32 Å². The number of anilines is 1. The predicted molar refractivity (Wildman–Crippen MR) is 92.1 cm³/mol. The summed E-state index contributed by atoms with van der Waals surface area (Å²) >= 11 is 12.0. The van der Waals surface area contributed by atoms with E-state index in [1.807, 2.05) is 24.3 Å². The van der Waals surface area contributed by atoms with Gasteiger partial charge in [0.05, 0.1) is 10.7 Å². The first-order valence-corrected chi connectivity index (χ1v) is 7.50. The Bertz CT molecular complexity index is 781. The monoisotopic (exact) mass is 345 g/mol. The van der Waals surface area contributed by atoms with Crippen molar-refractivity contribution >= 4 is 34.8 Å². The Morgan fingerprint density at radius 1 is 1.09 bits per heavy atom. The van der Waals surface area contributed by atoms with E-state index in [4.69, 9.17) is 28.5 Å². The third kappa shape index (κ3) is 4.75. The summed E-state index contributed by atoms with van der Waals surface area (Å²) in [5.41, 5.74) is 1.26. The average molecular weight is 346 g/mol. The van der Waals surface area contributed by atoms with Crippen LogP contribution < -0.4 is 10.6 Å². The van der Waals surface area contributed by atoms with Crippen molar-refractivity contribution in [2.24, 2.45) is 0 Å². The fourth-order valence-corrected chi connectivity index (χ4v) is 2.19. The summed E-state index contributed by atoms with van der Waals surface area (Å²) in [6.45, 7) is 0.407. The van der Waals surface area contributed by atoms with Crippen molar-refractivity contribution in [3.8, 4) is 6.07 Å². The van der Waals surface area contributed by atoms with Gasteiger partial charge in [-0.3, -0.25) is 4.79 Å². The van der Waals surface area contributed by atoms with Crippen molar-refractivity contribution in [1.29, 1.82) is 5.26 Å².